The zero-order valence-corrected chi connectivity index (χ0v) is 14.9. The van der Waals surface area contributed by atoms with E-state index >= 15 is 0 Å². The van der Waals surface area contributed by atoms with Crippen LogP contribution in [0.4, 0.5) is 13.6 Å². The Balaban J connectivity index is 2.26. The lowest BCUT2D eigenvalue weighted by Crippen LogP contribution is -2.50. The highest BCUT2D eigenvalue weighted by Gasteiger charge is 2.32. The normalized spacial score (nSPS) is 18.3. The Morgan fingerprint density at radius 2 is 1.78 bits per heavy atom. The molecule has 1 heterocycles. The fourth-order valence-electron chi connectivity index (χ4n) is 2.49. The summed E-state index contributed by atoms with van der Waals surface area (Å²) in [4.78, 5) is 13.8. The lowest BCUT2D eigenvalue weighted by Gasteiger charge is -2.35. The van der Waals surface area contributed by atoms with Crippen LogP contribution in [0.15, 0.2) is 0 Å². The van der Waals surface area contributed by atoms with Crippen LogP contribution in [0.3, 0.4) is 0 Å². The first kappa shape index (κ1) is 20.1. The second-order valence-electron chi connectivity index (χ2n) is 7.50. The summed E-state index contributed by atoms with van der Waals surface area (Å²) < 4.78 is 32.6. The Morgan fingerprint density at radius 3 is 2.26 bits per heavy atom. The van der Waals surface area contributed by atoms with Crippen molar-refractivity contribution >= 4 is 6.09 Å². The molecule has 5 nitrogen and oxygen atoms in total. The first-order chi connectivity index (χ1) is 10.5. The number of alkyl halides is 2. The first-order valence-corrected chi connectivity index (χ1v) is 8.31. The van der Waals surface area contributed by atoms with Crippen LogP contribution in [0.25, 0.3) is 0 Å². The lowest BCUT2D eigenvalue weighted by atomic mass is 10.0. The van der Waals surface area contributed by atoms with E-state index in [-0.39, 0.29) is 6.04 Å². The van der Waals surface area contributed by atoms with Crippen LogP contribution in [0.1, 0.15) is 47.5 Å². The van der Waals surface area contributed by atoms with E-state index < -0.39 is 30.7 Å². The summed E-state index contributed by atoms with van der Waals surface area (Å²) in [6.45, 7) is 10.1. The Hall–Kier alpha value is -0.950. The fourth-order valence-corrected chi connectivity index (χ4v) is 2.49. The maximum Gasteiger partial charge on any atom is 0.407 e. The first-order valence-electron chi connectivity index (χ1n) is 8.31. The van der Waals surface area contributed by atoms with E-state index in [1.807, 2.05) is 0 Å². The molecule has 1 fully saturated rings. The SMILES string of the molecule is CC(C)N1CCC(NCC(F)(F)CNC(=O)OC(C)(C)C)CC1. The van der Waals surface area contributed by atoms with Crippen molar-refractivity contribution in [2.45, 2.75) is 71.1 Å². The number of halogens is 2. The minimum absolute atomic E-state index is 0.109. The van der Waals surface area contributed by atoms with Crippen LogP contribution in [-0.2, 0) is 4.74 Å². The highest BCUT2D eigenvalue weighted by Crippen LogP contribution is 2.16. The van der Waals surface area contributed by atoms with E-state index in [4.69, 9.17) is 4.74 Å². The molecule has 1 saturated heterocycles. The predicted octanol–water partition coefficient (Wildman–Crippen LogP) is 2.61. The molecule has 0 aliphatic carbocycles. The highest BCUT2D eigenvalue weighted by atomic mass is 19.3. The van der Waals surface area contributed by atoms with Crippen molar-refractivity contribution in [3.63, 3.8) is 0 Å². The van der Waals surface area contributed by atoms with Crippen LogP contribution >= 0.6 is 0 Å². The van der Waals surface area contributed by atoms with Crippen molar-refractivity contribution in [3.8, 4) is 0 Å². The molecule has 23 heavy (non-hydrogen) atoms. The zero-order chi connectivity index (χ0) is 17.7. The Morgan fingerprint density at radius 1 is 1.22 bits per heavy atom. The quantitative estimate of drug-likeness (QED) is 0.783. The molecule has 0 aromatic carbocycles. The summed E-state index contributed by atoms with van der Waals surface area (Å²) in [6, 6.07) is 0.604. The van der Waals surface area contributed by atoms with Gasteiger partial charge in [-0.25, -0.2) is 13.6 Å². The Kier molecular flexibility index (Phi) is 7.20. The number of carbonyl (C=O) groups excluding carboxylic acids is 1. The van der Waals surface area contributed by atoms with Crippen LogP contribution in [0, 0.1) is 0 Å². The molecule has 1 aliphatic heterocycles. The van der Waals surface area contributed by atoms with E-state index in [2.05, 4.69) is 29.4 Å². The van der Waals surface area contributed by atoms with Crippen molar-refractivity contribution in [2.75, 3.05) is 26.2 Å². The van der Waals surface area contributed by atoms with Crippen molar-refractivity contribution in [1.82, 2.24) is 15.5 Å². The molecule has 0 spiro atoms. The van der Waals surface area contributed by atoms with Gasteiger partial charge in [0.05, 0.1) is 13.1 Å². The summed E-state index contributed by atoms with van der Waals surface area (Å²) in [7, 11) is 0. The molecule has 0 aromatic heterocycles. The molecule has 136 valence electrons. The van der Waals surface area contributed by atoms with E-state index in [0.717, 1.165) is 25.9 Å². The summed E-state index contributed by atoms with van der Waals surface area (Å²) in [5, 5.41) is 5.05. The maximum atomic E-state index is 13.8. The number of hydrogen-bond donors (Lipinski definition) is 2. The number of piperidine rings is 1. The molecular formula is C16H31F2N3O2. The van der Waals surface area contributed by atoms with Crippen molar-refractivity contribution in [1.29, 1.82) is 0 Å². The number of nitrogens with zero attached hydrogens (tertiary/aromatic N) is 1. The van der Waals surface area contributed by atoms with Gasteiger partial charge in [-0.05, 0) is 60.5 Å². The third-order valence-corrected chi connectivity index (χ3v) is 3.80. The van der Waals surface area contributed by atoms with Crippen LogP contribution in [0.2, 0.25) is 0 Å². The number of ether oxygens (including phenoxy) is 1. The minimum Gasteiger partial charge on any atom is -0.444 e. The monoisotopic (exact) mass is 335 g/mol. The van der Waals surface area contributed by atoms with Gasteiger partial charge < -0.3 is 20.3 Å². The number of alkyl carbamates (subject to hydrolysis) is 1. The number of likely N-dealkylation sites (tertiary alicyclic amines) is 1. The van der Waals surface area contributed by atoms with Crippen LogP contribution in [0.5, 0.6) is 0 Å². The molecule has 0 unspecified atom stereocenters. The maximum absolute atomic E-state index is 13.8. The van der Waals surface area contributed by atoms with Gasteiger partial charge in [-0.15, -0.1) is 0 Å². The lowest BCUT2D eigenvalue weighted by molar-refractivity contribution is -0.00749. The van der Waals surface area contributed by atoms with Gasteiger partial charge in [-0.3, -0.25) is 0 Å². The third kappa shape index (κ3) is 8.46. The molecule has 0 radical (unpaired) electrons. The van der Waals surface area contributed by atoms with Gasteiger partial charge in [0.2, 0.25) is 0 Å². The van der Waals surface area contributed by atoms with Crippen LogP contribution < -0.4 is 10.6 Å². The van der Waals surface area contributed by atoms with Gasteiger partial charge >= 0.3 is 6.09 Å². The number of hydrogen-bond acceptors (Lipinski definition) is 4. The van der Waals surface area contributed by atoms with Crippen molar-refractivity contribution < 1.29 is 18.3 Å². The Bertz CT molecular complexity index is 376. The smallest absolute Gasteiger partial charge is 0.407 e. The van der Waals surface area contributed by atoms with Gasteiger partial charge in [0.25, 0.3) is 5.92 Å². The molecule has 0 bridgehead atoms. The summed E-state index contributed by atoms with van der Waals surface area (Å²) in [6.07, 6.45) is 0.920. The second-order valence-corrected chi connectivity index (χ2v) is 7.50. The summed E-state index contributed by atoms with van der Waals surface area (Å²) >= 11 is 0. The van der Waals surface area contributed by atoms with Gasteiger partial charge in [-0.1, -0.05) is 0 Å². The van der Waals surface area contributed by atoms with Gasteiger partial charge in [0.15, 0.2) is 0 Å². The largest absolute Gasteiger partial charge is 0.444 e. The topological polar surface area (TPSA) is 53.6 Å². The van der Waals surface area contributed by atoms with Gasteiger partial charge in [0, 0.05) is 12.1 Å². The zero-order valence-electron chi connectivity index (χ0n) is 14.9. The number of rotatable bonds is 6. The average Bonchev–Trinajstić information content (AvgIpc) is 2.42. The van der Waals surface area contributed by atoms with E-state index in [1.165, 1.54) is 0 Å². The molecule has 0 atom stereocenters. The number of amides is 1. The molecule has 1 amide bonds. The molecule has 0 aromatic rings. The van der Waals surface area contributed by atoms with E-state index in [9.17, 15) is 13.6 Å². The molecule has 7 heteroatoms. The molecular weight excluding hydrogens is 304 g/mol. The fraction of sp³-hybridized carbons (Fsp3) is 0.938. The third-order valence-electron chi connectivity index (χ3n) is 3.80. The molecule has 1 rings (SSSR count). The van der Waals surface area contributed by atoms with E-state index in [1.54, 1.807) is 20.8 Å². The van der Waals surface area contributed by atoms with Crippen molar-refractivity contribution in [3.05, 3.63) is 0 Å². The van der Waals surface area contributed by atoms with Gasteiger partial charge in [-0.2, -0.15) is 0 Å². The minimum atomic E-state index is -2.99. The van der Waals surface area contributed by atoms with Crippen molar-refractivity contribution in [2.24, 2.45) is 0 Å². The second kappa shape index (κ2) is 8.24. The number of nitrogens with one attached hydrogen (secondary N) is 2. The summed E-state index contributed by atoms with van der Waals surface area (Å²) in [5.74, 6) is -2.99. The average molecular weight is 335 g/mol. The Labute approximate surface area is 138 Å². The molecule has 0 saturated carbocycles. The number of carbonyl (C=O) groups is 1. The standard InChI is InChI=1S/C16H31F2N3O2/c1-12(2)21-8-6-13(7-9-21)19-10-16(17,18)11-20-14(22)23-15(3,4)5/h12-13,19H,6-11H2,1-5H3,(H,20,22). The predicted molar refractivity (Wildman–Crippen MR) is 86.9 cm³/mol. The molecule has 1 aliphatic rings. The van der Waals surface area contributed by atoms with Crippen LogP contribution in [-0.4, -0.2) is 60.8 Å². The highest BCUT2D eigenvalue weighted by molar-refractivity contribution is 5.67. The van der Waals surface area contributed by atoms with E-state index in [0.29, 0.717) is 6.04 Å². The molecule has 2 N–H and O–H groups in total. The van der Waals surface area contributed by atoms with Gasteiger partial charge in [0.1, 0.15) is 5.60 Å². The summed E-state index contributed by atoms with van der Waals surface area (Å²) in [5.41, 5.74) is -0.692.